The molecule has 2 aromatic carbocycles. The molecule has 0 unspecified atom stereocenters. The van der Waals surface area contributed by atoms with Gasteiger partial charge in [0.2, 0.25) is 11.8 Å². The van der Waals surface area contributed by atoms with Gasteiger partial charge in [0, 0.05) is 42.4 Å². The maximum absolute atomic E-state index is 14.7. The van der Waals surface area contributed by atoms with Crippen LogP contribution in [0, 0.1) is 11.7 Å². The highest BCUT2D eigenvalue weighted by molar-refractivity contribution is 6.06. The summed E-state index contributed by atoms with van der Waals surface area (Å²) in [5.74, 6) is -3.88. The van der Waals surface area contributed by atoms with Gasteiger partial charge >= 0.3 is 6.36 Å². The van der Waals surface area contributed by atoms with Gasteiger partial charge in [-0.05, 0) is 48.6 Å². The number of halogens is 4. The van der Waals surface area contributed by atoms with Crippen molar-refractivity contribution in [2.75, 3.05) is 5.32 Å². The number of nitrogens with zero attached hydrogens (tertiary/aromatic N) is 6. The molecule has 1 saturated heterocycles. The van der Waals surface area contributed by atoms with E-state index >= 15 is 0 Å². The number of carbonyl (C=O) groups excluding carboxylic acids is 3. The van der Waals surface area contributed by atoms with Crippen molar-refractivity contribution in [2.45, 2.75) is 44.8 Å². The van der Waals surface area contributed by atoms with Crippen molar-refractivity contribution >= 4 is 39.8 Å². The molecule has 2 amide bonds. The summed E-state index contributed by atoms with van der Waals surface area (Å²) < 4.78 is 59.4. The summed E-state index contributed by atoms with van der Waals surface area (Å²) in [7, 11) is 0. The molecule has 11 nitrogen and oxygen atoms in total. The third-order valence-corrected chi connectivity index (χ3v) is 8.09. The van der Waals surface area contributed by atoms with Crippen molar-refractivity contribution in [1.82, 2.24) is 29.3 Å². The third-order valence-electron chi connectivity index (χ3n) is 8.09. The Hall–Kier alpha value is -5.34. The lowest BCUT2D eigenvalue weighted by Gasteiger charge is -2.27. The van der Waals surface area contributed by atoms with Crippen LogP contribution in [-0.2, 0) is 16.1 Å². The number of hydrogen-bond donors (Lipinski definition) is 1. The Bertz CT molecular complexity index is 2020. The molecule has 3 aromatic heterocycles. The molecule has 0 spiro atoms. The molecule has 1 aliphatic carbocycles. The van der Waals surface area contributed by atoms with E-state index in [1.807, 2.05) is 6.07 Å². The van der Waals surface area contributed by atoms with Crippen LogP contribution < -0.4 is 10.1 Å². The van der Waals surface area contributed by atoms with E-state index < -0.39 is 41.5 Å². The van der Waals surface area contributed by atoms with E-state index in [1.165, 1.54) is 16.5 Å². The highest BCUT2D eigenvalue weighted by atomic mass is 19.4. The van der Waals surface area contributed by atoms with Crippen LogP contribution in [-0.4, -0.2) is 65.3 Å². The normalized spacial score (nSPS) is 19.1. The molecule has 7 rings (SSSR count). The van der Waals surface area contributed by atoms with Crippen LogP contribution in [0.2, 0.25) is 0 Å². The van der Waals surface area contributed by atoms with Crippen molar-refractivity contribution in [3.63, 3.8) is 0 Å². The smallest absolute Gasteiger partial charge is 0.403 e. The molecule has 0 radical (unpaired) electrons. The van der Waals surface area contributed by atoms with Crippen molar-refractivity contribution in [3.8, 4) is 16.9 Å². The number of Topliss-reactive ketones (excluding diaryl/α,β-unsaturated/α-hetero) is 1. The van der Waals surface area contributed by atoms with Crippen molar-refractivity contribution in [2.24, 2.45) is 5.92 Å². The molecular formula is C30H23F4N7O4. The van der Waals surface area contributed by atoms with Crippen molar-refractivity contribution in [3.05, 3.63) is 72.6 Å². The monoisotopic (exact) mass is 621 g/mol. The fourth-order valence-corrected chi connectivity index (χ4v) is 5.98. The third kappa shape index (κ3) is 5.23. The summed E-state index contributed by atoms with van der Waals surface area (Å²) >= 11 is 0. The van der Waals surface area contributed by atoms with Crippen LogP contribution in [0.15, 0.2) is 61.1 Å². The van der Waals surface area contributed by atoms with Crippen LogP contribution in [0.5, 0.6) is 5.75 Å². The maximum atomic E-state index is 14.7. The molecule has 4 heterocycles. The number of carbonyl (C=O) groups is 3. The minimum Gasteiger partial charge on any atom is -0.403 e. The van der Waals surface area contributed by atoms with Crippen molar-refractivity contribution < 1.29 is 36.7 Å². The number of fused-ring (bicyclic) bond motifs is 3. The molecule has 230 valence electrons. The molecule has 15 heteroatoms. The number of rotatable bonds is 7. The first kappa shape index (κ1) is 28.4. The average molecular weight is 622 g/mol. The second kappa shape index (κ2) is 10.4. The molecule has 2 aliphatic rings. The first-order chi connectivity index (χ1) is 21.5. The molecule has 3 atom stereocenters. The number of amides is 2. The number of benzene rings is 2. The zero-order valence-electron chi connectivity index (χ0n) is 23.5. The van der Waals surface area contributed by atoms with Gasteiger partial charge in [-0.25, -0.2) is 13.9 Å². The second-order valence-electron chi connectivity index (χ2n) is 11.0. The number of aromatic nitrogens is 5. The summed E-state index contributed by atoms with van der Waals surface area (Å²) in [5, 5.41) is 11.5. The van der Waals surface area contributed by atoms with E-state index in [2.05, 4.69) is 25.2 Å². The van der Waals surface area contributed by atoms with Crippen LogP contribution in [0.25, 0.3) is 27.7 Å². The highest BCUT2D eigenvalue weighted by Crippen LogP contribution is 2.48. The minimum atomic E-state index is -5.12. The van der Waals surface area contributed by atoms with Crippen molar-refractivity contribution in [1.29, 1.82) is 0 Å². The number of likely N-dealkylation sites (tertiary alicyclic amines) is 1. The topological polar surface area (TPSA) is 124 Å². The Balaban J connectivity index is 1.14. The summed E-state index contributed by atoms with van der Waals surface area (Å²) in [6.07, 6.45) is 1.02. The van der Waals surface area contributed by atoms with E-state index in [0.717, 1.165) is 29.3 Å². The summed E-state index contributed by atoms with van der Waals surface area (Å²) in [6, 6.07) is 8.95. The van der Waals surface area contributed by atoms with Gasteiger partial charge in [-0.15, -0.1) is 13.2 Å². The number of piperidine rings is 1. The van der Waals surface area contributed by atoms with E-state index in [1.54, 1.807) is 41.3 Å². The molecule has 45 heavy (non-hydrogen) atoms. The quantitative estimate of drug-likeness (QED) is 0.208. The molecule has 2 fully saturated rings. The average Bonchev–Trinajstić information content (AvgIpc) is 3.31. The number of anilines is 1. The molecule has 1 N–H and O–H groups in total. The second-order valence-corrected chi connectivity index (χ2v) is 11.0. The van der Waals surface area contributed by atoms with Crippen LogP contribution in [0.3, 0.4) is 0 Å². The lowest BCUT2D eigenvalue weighted by Crippen LogP contribution is -2.46. The maximum Gasteiger partial charge on any atom is 0.573 e. The number of hydrogen-bond acceptors (Lipinski definition) is 7. The first-order valence-electron chi connectivity index (χ1n) is 13.9. The summed E-state index contributed by atoms with van der Waals surface area (Å²) in [5.41, 5.74) is 2.39. The van der Waals surface area contributed by atoms with Crippen LogP contribution >= 0.6 is 0 Å². The standard InChI is InChI=1S/C30H23F4N7O4/c1-15(42)28-19-9-16(18-12-35-25-7-8-36-40(25)13-18)5-6-21(19)39(38-28)14-26(43)41-22-10-17(22)11-23(41)29(44)37-20-3-2-4-24(27(20)31)45-30(32,33)34/h2-9,12-13,17,22-23H,10-11,14H2,1H3,(H,37,44)/t17-,22-,23+/m1/s1. The fourth-order valence-electron chi connectivity index (χ4n) is 5.98. The lowest BCUT2D eigenvalue weighted by molar-refractivity contribution is -0.275. The lowest BCUT2D eigenvalue weighted by atomic mass is 10.0. The Morgan fingerprint density at radius 1 is 1.09 bits per heavy atom. The number of ether oxygens (including phenoxy) is 1. The Morgan fingerprint density at radius 2 is 1.91 bits per heavy atom. The predicted octanol–water partition coefficient (Wildman–Crippen LogP) is 4.61. The largest absolute Gasteiger partial charge is 0.573 e. The van der Waals surface area contributed by atoms with Gasteiger partial charge in [0.25, 0.3) is 0 Å². The van der Waals surface area contributed by atoms with Gasteiger partial charge in [-0.3, -0.25) is 19.1 Å². The predicted molar refractivity (Wildman–Crippen MR) is 151 cm³/mol. The number of nitrogens with one attached hydrogen (secondary N) is 1. The summed E-state index contributed by atoms with van der Waals surface area (Å²) in [6.45, 7) is 1.10. The van der Waals surface area contributed by atoms with E-state index in [4.69, 9.17) is 0 Å². The van der Waals surface area contributed by atoms with Crippen LogP contribution in [0.1, 0.15) is 30.3 Å². The highest BCUT2D eigenvalue weighted by Gasteiger charge is 2.56. The van der Waals surface area contributed by atoms with E-state index in [9.17, 15) is 31.9 Å². The SMILES string of the molecule is CC(=O)c1nn(CC(=O)N2[C@@H]3C[C@@H]3C[C@H]2C(=O)Nc2cccc(OC(F)(F)F)c2F)c2ccc(-c3cnc4ccnn4c3)cc12. The minimum absolute atomic E-state index is 0.0693. The van der Waals surface area contributed by atoms with E-state index in [0.29, 0.717) is 29.4 Å². The van der Waals surface area contributed by atoms with Gasteiger partial charge in [0.05, 0.1) is 17.4 Å². The number of ketones is 1. The fraction of sp³-hybridized carbons (Fsp3) is 0.267. The van der Waals surface area contributed by atoms with Gasteiger partial charge in [-0.2, -0.15) is 10.2 Å². The van der Waals surface area contributed by atoms with Gasteiger partial charge in [0.1, 0.15) is 18.3 Å². The molecule has 1 aliphatic heterocycles. The molecule has 5 aromatic rings. The first-order valence-corrected chi connectivity index (χ1v) is 13.9. The Labute approximate surface area is 251 Å². The Kier molecular flexibility index (Phi) is 6.56. The number of alkyl halides is 3. The van der Waals surface area contributed by atoms with Gasteiger partial charge in [-0.1, -0.05) is 12.1 Å². The zero-order chi connectivity index (χ0) is 31.6. The van der Waals surface area contributed by atoms with Crippen LogP contribution in [0.4, 0.5) is 23.2 Å². The molecule has 0 bridgehead atoms. The molecule has 1 saturated carbocycles. The summed E-state index contributed by atoms with van der Waals surface area (Å²) in [4.78, 5) is 45.3. The van der Waals surface area contributed by atoms with Gasteiger partial charge in [0.15, 0.2) is 23.0 Å². The Morgan fingerprint density at radius 3 is 2.69 bits per heavy atom. The van der Waals surface area contributed by atoms with Gasteiger partial charge < -0.3 is 15.0 Å². The molecular weight excluding hydrogens is 598 g/mol. The zero-order valence-corrected chi connectivity index (χ0v) is 23.5. The van der Waals surface area contributed by atoms with E-state index in [-0.39, 0.29) is 30.0 Å².